The lowest BCUT2D eigenvalue weighted by Gasteiger charge is -2.41. The van der Waals surface area contributed by atoms with Crippen LogP contribution in [0.4, 0.5) is 5.69 Å². The van der Waals surface area contributed by atoms with Crippen molar-refractivity contribution in [3.05, 3.63) is 54.1 Å². The summed E-state index contributed by atoms with van der Waals surface area (Å²) in [7, 11) is 3.26. The fourth-order valence-electron chi connectivity index (χ4n) is 6.03. The van der Waals surface area contributed by atoms with Gasteiger partial charge in [0.2, 0.25) is 5.91 Å². The van der Waals surface area contributed by atoms with Gasteiger partial charge in [-0.05, 0) is 49.6 Å². The third-order valence-electron chi connectivity index (χ3n) is 8.15. The maximum atomic E-state index is 13.6. The zero-order valence-electron chi connectivity index (χ0n) is 22.3. The van der Waals surface area contributed by atoms with Crippen LogP contribution in [0.5, 0.6) is 11.5 Å². The molecule has 1 N–H and O–H groups in total. The van der Waals surface area contributed by atoms with Crippen LogP contribution in [-0.4, -0.2) is 110 Å². The van der Waals surface area contributed by atoms with E-state index in [-0.39, 0.29) is 23.9 Å². The van der Waals surface area contributed by atoms with Gasteiger partial charge in [-0.15, -0.1) is 0 Å². The lowest BCUT2D eigenvalue weighted by molar-refractivity contribution is -0.137. The number of carbonyl (C=O) groups excluding carboxylic acids is 2. The highest BCUT2D eigenvalue weighted by atomic mass is 16.5. The number of carbonyl (C=O) groups is 2. The van der Waals surface area contributed by atoms with E-state index in [0.717, 1.165) is 37.4 Å². The molecule has 0 aliphatic carbocycles. The number of ether oxygens (including phenoxy) is 2. The fourth-order valence-corrected chi connectivity index (χ4v) is 6.03. The summed E-state index contributed by atoms with van der Waals surface area (Å²) >= 11 is 0. The fraction of sp³-hybridized carbons (Fsp3) is 0.517. The highest BCUT2D eigenvalue weighted by molar-refractivity contribution is 5.94. The van der Waals surface area contributed by atoms with Crippen LogP contribution in [0, 0.1) is 0 Å². The standard InChI is InChI=1S/C29H38N4O5/c1-37-25-7-3-5-21(17-25)28(35)31-11-9-22(10-12-31)33-20-24(34)19-27(33)29(36)32-15-13-30(14-16-32)23-6-4-8-26(18-23)38-2/h3-8,17-18,22,24,27,34H,9-16,19-20H2,1-2H3/t24-,27+/m1/s1. The maximum Gasteiger partial charge on any atom is 0.253 e. The highest BCUT2D eigenvalue weighted by Crippen LogP contribution is 2.29. The van der Waals surface area contributed by atoms with Gasteiger partial charge in [0, 0.05) is 69.2 Å². The Morgan fingerprint density at radius 1 is 0.842 bits per heavy atom. The van der Waals surface area contributed by atoms with Crippen molar-refractivity contribution in [2.24, 2.45) is 0 Å². The minimum Gasteiger partial charge on any atom is -0.497 e. The second-order valence-electron chi connectivity index (χ2n) is 10.4. The average Bonchev–Trinajstić information content (AvgIpc) is 3.38. The zero-order chi connectivity index (χ0) is 26.6. The van der Waals surface area contributed by atoms with E-state index in [0.29, 0.717) is 50.5 Å². The van der Waals surface area contributed by atoms with E-state index in [1.54, 1.807) is 20.3 Å². The second kappa shape index (κ2) is 11.6. The molecule has 2 aromatic rings. The first-order valence-corrected chi connectivity index (χ1v) is 13.5. The quantitative estimate of drug-likeness (QED) is 0.622. The Bertz CT molecular complexity index is 1130. The summed E-state index contributed by atoms with van der Waals surface area (Å²) in [6.07, 6.45) is 1.54. The zero-order valence-corrected chi connectivity index (χ0v) is 22.3. The second-order valence-corrected chi connectivity index (χ2v) is 10.4. The van der Waals surface area contributed by atoms with Crippen molar-refractivity contribution in [2.45, 2.75) is 37.5 Å². The molecule has 9 heteroatoms. The molecule has 0 spiro atoms. The molecule has 2 atom stereocenters. The summed E-state index contributed by atoms with van der Waals surface area (Å²) in [4.78, 5) is 35.0. The molecule has 3 aliphatic rings. The molecule has 0 bridgehead atoms. The molecule has 0 radical (unpaired) electrons. The number of methoxy groups -OCH3 is 2. The van der Waals surface area contributed by atoms with E-state index >= 15 is 0 Å². The van der Waals surface area contributed by atoms with Gasteiger partial charge in [0.1, 0.15) is 11.5 Å². The van der Waals surface area contributed by atoms with E-state index in [1.807, 2.05) is 46.2 Å². The molecule has 3 aliphatic heterocycles. The van der Waals surface area contributed by atoms with Gasteiger partial charge >= 0.3 is 0 Å². The van der Waals surface area contributed by atoms with Gasteiger partial charge in [-0.25, -0.2) is 0 Å². The molecular weight excluding hydrogens is 484 g/mol. The molecule has 0 saturated carbocycles. The molecule has 9 nitrogen and oxygen atoms in total. The van der Waals surface area contributed by atoms with Crippen molar-refractivity contribution in [1.82, 2.24) is 14.7 Å². The third kappa shape index (κ3) is 5.59. The van der Waals surface area contributed by atoms with Gasteiger partial charge in [-0.2, -0.15) is 0 Å². The molecule has 0 aromatic heterocycles. The summed E-state index contributed by atoms with van der Waals surface area (Å²) in [5.41, 5.74) is 1.73. The monoisotopic (exact) mass is 522 g/mol. The van der Waals surface area contributed by atoms with E-state index in [1.165, 1.54) is 0 Å². The molecule has 2 aromatic carbocycles. The van der Waals surface area contributed by atoms with Gasteiger partial charge in [0.25, 0.3) is 5.91 Å². The van der Waals surface area contributed by atoms with Crippen LogP contribution in [0.25, 0.3) is 0 Å². The van der Waals surface area contributed by atoms with E-state index in [9.17, 15) is 14.7 Å². The van der Waals surface area contributed by atoms with Crippen molar-refractivity contribution in [2.75, 3.05) is 64.9 Å². The van der Waals surface area contributed by atoms with E-state index < -0.39 is 6.10 Å². The Hall–Kier alpha value is -3.30. The number of piperazine rings is 1. The molecule has 3 saturated heterocycles. The number of anilines is 1. The minimum atomic E-state index is -0.501. The van der Waals surface area contributed by atoms with Gasteiger partial charge in [0.15, 0.2) is 0 Å². The van der Waals surface area contributed by atoms with Gasteiger partial charge in [-0.3, -0.25) is 14.5 Å². The Morgan fingerprint density at radius 2 is 1.50 bits per heavy atom. The number of β-amino-alcohol motifs (C(OH)–C–C–N with tert-alkyl or cyclic N) is 1. The number of aliphatic hydroxyl groups excluding tert-OH is 1. The number of benzene rings is 2. The topological polar surface area (TPSA) is 85.8 Å². The number of amides is 2. The van der Waals surface area contributed by atoms with Crippen LogP contribution in [-0.2, 0) is 4.79 Å². The highest BCUT2D eigenvalue weighted by Gasteiger charge is 2.43. The molecule has 3 heterocycles. The summed E-state index contributed by atoms with van der Waals surface area (Å²) in [6.45, 7) is 4.61. The van der Waals surface area contributed by atoms with Crippen molar-refractivity contribution < 1.29 is 24.2 Å². The number of piperidine rings is 1. The summed E-state index contributed by atoms with van der Waals surface area (Å²) in [5.74, 6) is 1.61. The van der Waals surface area contributed by atoms with Crippen molar-refractivity contribution in [3.8, 4) is 11.5 Å². The Kier molecular flexibility index (Phi) is 8.04. The van der Waals surface area contributed by atoms with Crippen molar-refractivity contribution in [1.29, 1.82) is 0 Å². The van der Waals surface area contributed by atoms with E-state index in [2.05, 4.69) is 15.9 Å². The minimum absolute atomic E-state index is 0.00494. The molecule has 0 unspecified atom stereocenters. The van der Waals surface area contributed by atoms with Crippen LogP contribution >= 0.6 is 0 Å². The number of aliphatic hydroxyl groups is 1. The SMILES string of the molecule is COc1cccc(C(=O)N2CCC(N3C[C@H](O)C[C@H]3C(=O)N3CCN(c4cccc(OC)c4)CC3)CC2)c1. The number of nitrogens with zero attached hydrogens (tertiary/aromatic N) is 4. The first-order valence-electron chi connectivity index (χ1n) is 13.5. The Labute approximate surface area is 224 Å². The lowest BCUT2D eigenvalue weighted by Crippen LogP contribution is -2.56. The first kappa shape index (κ1) is 26.3. The normalized spacial score (nSPS) is 23.0. The first-order chi connectivity index (χ1) is 18.5. The van der Waals surface area contributed by atoms with Crippen LogP contribution in [0.15, 0.2) is 48.5 Å². The van der Waals surface area contributed by atoms with Crippen LogP contribution in [0.2, 0.25) is 0 Å². The smallest absolute Gasteiger partial charge is 0.253 e. The Balaban J connectivity index is 1.17. The van der Waals surface area contributed by atoms with Gasteiger partial charge in [0.05, 0.1) is 26.4 Å². The molecule has 38 heavy (non-hydrogen) atoms. The number of rotatable bonds is 6. The summed E-state index contributed by atoms with van der Waals surface area (Å²) in [5, 5.41) is 10.5. The Morgan fingerprint density at radius 3 is 2.18 bits per heavy atom. The molecule has 204 valence electrons. The summed E-state index contributed by atoms with van der Waals surface area (Å²) < 4.78 is 10.6. The average molecular weight is 523 g/mol. The van der Waals surface area contributed by atoms with Gasteiger partial charge in [-0.1, -0.05) is 12.1 Å². The third-order valence-corrected chi connectivity index (χ3v) is 8.15. The molecular formula is C29H38N4O5. The van der Waals surface area contributed by atoms with Crippen LogP contribution in [0.3, 0.4) is 0 Å². The summed E-state index contributed by atoms with van der Waals surface area (Å²) in [6, 6.07) is 15.1. The number of hydrogen-bond donors (Lipinski definition) is 1. The predicted octanol–water partition coefficient (Wildman–Crippen LogP) is 2.09. The van der Waals surface area contributed by atoms with Gasteiger partial charge < -0.3 is 29.3 Å². The number of likely N-dealkylation sites (tertiary alicyclic amines) is 2. The van der Waals surface area contributed by atoms with Crippen LogP contribution < -0.4 is 14.4 Å². The lowest BCUT2D eigenvalue weighted by atomic mass is 10.0. The van der Waals surface area contributed by atoms with Crippen molar-refractivity contribution in [3.63, 3.8) is 0 Å². The maximum absolute atomic E-state index is 13.6. The largest absolute Gasteiger partial charge is 0.497 e. The van der Waals surface area contributed by atoms with Crippen LogP contribution in [0.1, 0.15) is 29.6 Å². The molecule has 5 rings (SSSR count). The molecule has 2 amide bonds. The molecule has 3 fully saturated rings. The number of hydrogen-bond acceptors (Lipinski definition) is 7. The van der Waals surface area contributed by atoms with Crippen molar-refractivity contribution >= 4 is 17.5 Å². The predicted molar refractivity (Wildman–Crippen MR) is 145 cm³/mol. The van der Waals surface area contributed by atoms with E-state index in [4.69, 9.17) is 9.47 Å².